The second-order valence-corrected chi connectivity index (χ2v) is 13.8. The summed E-state index contributed by atoms with van der Waals surface area (Å²) in [5.74, 6) is -6.48. The van der Waals surface area contributed by atoms with Crippen molar-refractivity contribution in [2.24, 2.45) is 5.92 Å². The number of esters is 4. The predicted octanol–water partition coefficient (Wildman–Crippen LogP) is -0.162. The van der Waals surface area contributed by atoms with Gasteiger partial charge in [-0.1, -0.05) is 38.1 Å². The van der Waals surface area contributed by atoms with Gasteiger partial charge in [-0.2, -0.15) is 5.10 Å². The van der Waals surface area contributed by atoms with Crippen molar-refractivity contribution in [1.29, 1.82) is 0 Å². The van der Waals surface area contributed by atoms with Crippen LogP contribution in [0.15, 0.2) is 36.5 Å². The van der Waals surface area contributed by atoms with Gasteiger partial charge in [0.25, 0.3) is 23.6 Å². The summed E-state index contributed by atoms with van der Waals surface area (Å²) in [5, 5.41) is 4.43. The first-order valence-corrected chi connectivity index (χ1v) is 17.7. The molecule has 0 radical (unpaired) electrons. The number of cyclic esters (lactones) is 4. The Morgan fingerprint density at radius 3 is 1.75 bits per heavy atom. The van der Waals surface area contributed by atoms with Crippen molar-refractivity contribution >= 4 is 47.5 Å². The van der Waals surface area contributed by atoms with Gasteiger partial charge in [0.05, 0.1) is 6.54 Å². The number of ether oxygens (including phenoxy) is 4. The smallest absolute Gasteiger partial charge is 0.329 e. The van der Waals surface area contributed by atoms with E-state index in [1.165, 1.54) is 42.0 Å². The zero-order chi connectivity index (χ0) is 41.0. The van der Waals surface area contributed by atoms with Crippen molar-refractivity contribution < 1.29 is 57.3 Å². The highest BCUT2D eigenvalue weighted by Crippen LogP contribution is 2.16. The minimum atomic E-state index is -1.41. The molecule has 4 amide bonds. The number of benzene rings is 1. The van der Waals surface area contributed by atoms with Crippen LogP contribution in [-0.4, -0.2) is 156 Å². The fourth-order valence-electron chi connectivity index (χ4n) is 5.44. The van der Waals surface area contributed by atoms with Gasteiger partial charge >= 0.3 is 23.9 Å². The Balaban J connectivity index is 1.83. The molecule has 55 heavy (non-hydrogen) atoms. The quantitative estimate of drug-likeness (QED) is 0.277. The molecule has 1 aliphatic heterocycles. The molecule has 18 heteroatoms. The molecule has 300 valence electrons. The Morgan fingerprint density at radius 1 is 0.673 bits per heavy atom. The summed E-state index contributed by atoms with van der Waals surface area (Å²) in [6.07, 6.45) is -0.196. The molecule has 2 aromatic rings. The number of nitrogens with zero attached hydrogens (tertiary/aromatic N) is 6. The first-order valence-electron chi connectivity index (χ1n) is 17.7. The monoisotopic (exact) mass is 770 g/mol. The van der Waals surface area contributed by atoms with Gasteiger partial charge in [0.15, 0.2) is 25.4 Å². The number of carbonyl (C=O) groups excluding carboxylic acids is 8. The molecule has 2 heterocycles. The van der Waals surface area contributed by atoms with Crippen LogP contribution in [0.2, 0.25) is 0 Å². The second kappa shape index (κ2) is 20.0. The normalized spacial score (nSPS) is 21.3. The molecule has 18 nitrogen and oxygen atoms in total. The molecule has 0 bridgehead atoms. The highest BCUT2D eigenvalue weighted by molar-refractivity contribution is 5.91. The van der Waals surface area contributed by atoms with Crippen molar-refractivity contribution in [1.82, 2.24) is 29.4 Å². The molecule has 1 fully saturated rings. The highest BCUT2D eigenvalue weighted by atomic mass is 16.6. The van der Waals surface area contributed by atoms with E-state index in [0.29, 0.717) is 18.0 Å². The molecule has 0 saturated carbocycles. The van der Waals surface area contributed by atoms with Crippen LogP contribution in [0, 0.1) is 5.92 Å². The number of hydrogen-bond acceptors (Lipinski definition) is 13. The Hall–Kier alpha value is -5.81. The number of likely N-dealkylation sites (N-methyl/N-ethyl adjacent to an activating group) is 4. The lowest BCUT2D eigenvalue weighted by atomic mass is 10.0. The average molecular weight is 771 g/mol. The number of carbonyl (C=O) groups is 8. The van der Waals surface area contributed by atoms with E-state index in [-0.39, 0.29) is 6.42 Å². The molecule has 0 N–H and O–H groups in total. The van der Waals surface area contributed by atoms with Gasteiger partial charge in [-0.3, -0.25) is 38.2 Å². The van der Waals surface area contributed by atoms with Crippen molar-refractivity contribution in [2.45, 2.75) is 65.3 Å². The molecular weight excluding hydrogens is 720 g/mol. The Morgan fingerprint density at radius 2 is 1.18 bits per heavy atom. The van der Waals surface area contributed by atoms with E-state index in [2.05, 4.69) is 18.9 Å². The maximum atomic E-state index is 13.7. The van der Waals surface area contributed by atoms with Gasteiger partial charge in [-0.25, -0.2) is 4.79 Å². The topological polar surface area (TPSA) is 204 Å². The van der Waals surface area contributed by atoms with Gasteiger partial charge in [0, 0.05) is 46.5 Å². The van der Waals surface area contributed by atoms with Gasteiger partial charge < -0.3 is 38.5 Å². The summed E-state index contributed by atoms with van der Waals surface area (Å²) in [6.45, 7) is 3.96. The number of rotatable bonds is 6. The van der Waals surface area contributed by atoms with Crippen LogP contribution in [0.4, 0.5) is 0 Å². The lowest BCUT2D eigenvalue weighted by Crippen LogP contribution is -2.49. The van der Waals surface area contributed by atoms with Gasteiger partial charge in [0.1, 0.15) is 25.7 Å². The van der Waals surface area contributed by atoms with Crippen LogP contribution >= 0.6 is 0 Å². The Kier molecular flexibility index (Phi) is 15.9. The molecule has 1 aromatic carbocycles. The standard InChI is InChI=1S/C37H50N6O12/c1-23(2)15-28-13-14-38-43(28)17-27-11-9-26(10-12-27)16-29-37(51)55-25(4)36(50)41(7)18-32(46)52-21-30(44)39(5)20-34(48)54-24(3)35(49)40(6)19-33(47)53-22-31(45)42(29)8/h9-14,23-25,29H,15-22H2,1-8H3. The van der Waals surface area contributed by atoms with Crippen LogP contribution in [0.1, 0.15) is 44.5 Å². The van der Waals surface area contributed by atoms with Crippen LogP contribution in [0.3, 0.4) is 0 Å². The number of amides is 4. The van der Waals surface area contributed by atoms with Crippen LogP contribution < -0.4 is 0 Å². The second-order valence-electron chi connectivity index (χ2n) is 13.8. The summed E-state index contributed by atoms with van der Waals surface area (Å²) >= 11 is 0. The summed E-state index contributed by atoms with van der Waals surface area (Å²) in [6, 6.07) is 8.01. The molecule has 1 saturated heterocycles. The maximum absolute atomic E-state index is 13.7. The van der Waals surface area contributed by atoms with E-state index in [4.69, 9.17) is 18.9 Å². The third-order valence-corrected chi connectivity index (χ3v) is 8.63. The molecular formula is C37H50N6O12. The zero-order valence-electron chi connectivity index (χ0n) is 32.5. The molecule has 1 aromatic heterocycles. The zero-order valence-corrected chi connectivity index (χ0v) is 32.5. The summed E-state index contributed by atoms with van der Waals surface area (Å²) in [7, 11) is 5.08. The third kappa shape index (κ3) is 13.2. The molecule has 3 rings (SSSR count). The minimum absolute atomic E-state index is 0.0466. The summed E-state index contributed by atoms with van der Waals surface area (Å²) in [4.78, 5) is 107. The van der Waals surface area contributed by atoms with Crippen LogP contribution in [0.25, 0.3) is 0 Å². The lowest BCUT2D eigenvalue weighted by molar-refractivity contribution is -0.167. The predicted molar refractivity (Wildman–Crippen MR) is 193 cm³/mol. The van der Waals surface area contributed by atoms with Crippen molar-refractivity contribution in [2.75, 3.05) is 61.0 Å². The van der Waals surface area contributed by atoms with E-state index < -0.39 is 98.6 Å². The van der Waals surface area contributed by atoms with E-state index in [9.17, 15) is 38.4 Å². The summed E-state index contributed by atoms with van der Waals surface area (Å²) in [5.41, 5.74) is 2.68. The molecule has 1 aliphatic rings. The van der Waals surface area contributed by atoms with E-state index >= 15 is 0 Å². The largest absolute Gasteiger partial charge is 0.454 e. The van der Waals surface area contributed by atoms with E-state index in [0.717, 1.165) is 37.3 Å². The minimum Gasteiger partial charge on any atom is -0.454 e. The van der Waals surface area contributed by atoms with E-state index in [1.54, 1.807) is 18.3 Å². The van der Waals surface area contributed by atoms with Gasteiger partial charge in [0.2, 0.25) is 0 Å². The van der Waals surface area contributed by atoms with Crippen molar-refractivity contribution in [3.63, 3.8) is 0 Å². The van der Waals surface area contributed by atoms with Gasteiger partial charge in [-0.15, -0.1) is 0 Å². The SMILES string of the molecule is CC(C)Cc1ccnn1Cc1ccc(CC2C(=O)OC(C)C(=O)N(C)CC(=O)OCC(=O)N(C)CC(=O)OC(C)C(=O)N(C)CC(=O)OCC(=O)N2C)cc1. The number of aromatic nitrogens is 2. The molecule has 3 atom stereocenters. The Bertz CT molecular complexity index is 1720. The number of hydrogen-bond donors (Lipinski definition) is 0. The molecule has 0 aliphatic carbocycles. The Labute approximate surface area is 319 Å². The lowest BCUT2D eigenvalue weighted by Gasteiger charge is -2.29. The highest BCUT2D eigenvalue weighted by Gasteiger charge is 2.33. The third-order valence-electron chi connectivity index (χ3n) is 8.63. The fourth-order valence-corrected chi connectivity index (χ4v) is 5.44. The van der Waals surface area contributed by atoms with Crippen LogP contribution in [-0.2, 0) is 76.7 Å². The molecule has 0 spiro atoms. The fraction of sp³-hybridized carbons (Fsp3) is 0.541. The first kappa shape index (κ1) is 43.6. The van der Waals surface area contributed by atoms with Gasteiger partial charge in [-0.05, 0) is 43.4 Å². The average Bonchev–Trinajstić information content (AvgIpc) is 3.55. The van der Waals surface area contributed by atoms with E-state index in [1.807, 2.05) is 22.9 Å². The molecule has 3 unspecified atom stereocenters. The van der Waals surface area contributed by atoms with Crippen molar-refractivity contribution in [3.05, 3.63) is 53.3 Å². The first-order chi connectivity index (χ1) is 25.9. The summed E-state index contributed by atoms with van der Waals surface area (Å²) < 4.78 is 22.6. The van der Waals surface area contributed by atoms with Crippen molar-refractivity contribution in [3.8, 4) is 0 Å². The maximum Gasteiger partial charge on any atom is 0.329 e. The van der Waals surface area contributed by atoms with Crippen LogP contribution in [0.5, 0.6) is 0 Å².